The molecule has 0 aromatic rings. The van der Waals surface area contributed by atoms with Crippen molar-refractivity contribution in [3.05, 3.63) is 0 Å². The van der Waals surface area contributed by atoms with Gasteiger partial charge < -0.3 is 35.0 Å². The van der Waals surface area contributed by atoms with Crippen molar-refractivity contribution in [2.75, 3.05) is 13.7 Å². The summed E-state index contributed by atoms with van der Waals surface area (Å²) in [6, 6.07) is 0. The molecule has 0 saturated carbocycles. The highest BCUT2D eigenvalue weighted by Crippen LogP contribution is 2.35. The summed E-state index contributed by atoms with van der Waals surface area (Å²) in [5.41, 5.74) is 0. The molecule has 6 atom stereocenters. The van der Waals surface area contributed by atoms with Crippen LogP contribution in [0.1, 0.15) is 13.3 Å². The minimum absolute atomic E-state index is 0.293. The zero-order valence-electron chi connectivity index (χ0n) is 10.8. The van der Waals surface area contributed by atoms with Gasteiger partial charge in [0.25, 0.3) is 5.79 Å². The third kappa shape index (κ3) is 3.04. The first-order valence-electron chi connectivity index (χ1n) is 5.90. The molecular weight excluding hydrogens is 260 g/mol. The lowest BCUT2D eigenvalue weighted by Crippen LogP contribution is -2.60. The molecule has 8 heteroatoms. The van der Waals surface area contributed by atoms with E-state index in [1.807, 2.05) is 0 Å². The average molecular weight is 280 g/mol. The van der Waals surface area contributed by atoms with E-state index in [9.17, 15) is 20.1 Å². The molecule has 1 aliphatic rings. The molecule has 0 aliphatic carbocycles. The number of aliphatic carboxylic acids is 1. The molecule has 112 valence electrons. The summed E-state index contributed by atoms with van der Waals surface area (Å²) in [5, 5.41) is 47.1. The fraction of sp³-hybridized carbons (Fsp3) is 0.909. The Balaban J connectivity index is 2.99. The Morgan fingerprint density at radius 3 is 2.53 bits per heavy atom. The molecule has 1 aliphatic heterocycles. The monoisotopic (exact) mass is 280 g/mol. The number of aliphatic hydroxyl groups is 4. The maximum absolute atomic E-state index is 11.2. The molecule has 4 unspecified atom stereocenters. The molecule has 1 heterocycles. The van der Waals surface area contributed by atoms with Gasteiger partial charge in [0.1, 0.15) is 12.2 Å². The number of methoxy groups -OCH3 is 1. The summed E-state index contributed by atoms with van der Waals surface area (Å²) >= 11 is 0. The van der Waals surface area contributed by atoms with E-state index in [4.69, 9.17) is 19.7 Å². The first kappa shape index (κ1) is 16.3. The summed E-state index contributed by atoms with van der Waals surface area (Å²) in [6.07, 6.45) is -5.60. The van der Waals surface area contributed by atoms with Gasteiger partial charge >= 0.3 is 5.97 Å². The third-order valence-electron chi connectivity index (χ3n) is 3.50. The zero-order chi connectivity index (χ0) is 14.8. The third-order valence-corrected chi connectivity index (χ3v) is 3.50. The second kappa shape index (κ2) is 6.12. The summed E-state index contributed by atoms with van der Waals surface area (Å²) in [7, 11) is 1.11. The van der Waals surface area contributed by atoms with Crippen molar-refractivity contribution in [3.63, 3.8) is 0 Å². The number of hydrogen-bond acceptors (Lipinski definition) is 7. The van der Waals surface area contributed by atoms with Crippen LogP contribution in [-0.2, 0) is 14.3 Å². The number of carbonyl (C=O) groups is 1. The number of hydrogen-bond donors (Lipinski definition) is 5. The van der Waals surface area contributed by atoms with Gasteiger partial charge in [-0.1, -0.05) is 6.92 Å². The van der Waals surface area contributed by atoms with Gasteiger partial charge in [-0.15, -0.1) is 0 Å². The molecule has 5 N–H and O–H groups in total. The van der Waals surface area contributed by atoms with Crippen molar-refractivity contribution in [3.8, 4) is 0 Å². The Bertz CT molecular complexity index is 322. The van der Waals surface area contributed by atoms with Crippen LogP contribution in [0.3, 0.4) is 0 Å². The van der Waals surface area contributed by atoms with Crippen LogP contribution in [0.5, 0.6) is 0 Å². The topological polar surface area (TPSA) is 137 Å². The minimum Gasteiger partial charge on any atom is -0.477 e. The second-order valence-electron chi connectivity index (χ2n) is 4.72. The van der Waals surface area contributed by atoms with Gasteiger partial charge in [0, 0.05) is 19.4 Å². The molecule has 0 bridgehead atoms. The van der Waals surface area contributed by atoms with E-state index < -0.39 is 48.7 Å². The first-order chi connectivity index (χ1) is 8.79. The van der Waals surface area contributed by atoms with Gasteiger partial charge in [-0.3, -0.25) is 0 Å². The van der Waals surface area contributed by atoms with Crippen molar-refractivity contribution in [2.45, 2.75) is 43.5 Å². The lowest BCUT2D eigenvalue weighted by atomic mass is 9.84. The molecular formula is C11H20O8. The fourth-order valence-corrected chi connectivity index (χ4v) is 2.12. The van der Waals surface area contributed by atoms with Gasteiger partial charge in [-0.25, -0.2) is 4.79 Å². The molecule has 0 aromatic carbocycles. The second-order valence-corrected chi connectivity index (χ2v) is 4.72. The van der Waals surface area contributed by atoms with Crippen molar-refractivity contribution >= 4 is 5.97 Å². The van der Waals surface area contributed by atoms with Gasteiger partial charge in [-0.05, 0) is 0 Å². The highest BCUT2D eigenvalue weighted by Gasteiger charge is 2.53. The predicted octanol–water partition coefficient (Wildman–Crippen LogP) is -2.09. The maximum Gasteiger partial charge on any atom is 0.364 e. The molecule has 0 spiro atoms. The van der Waals surface area contributed by atoms with E-state index in [0.29, 0.717) is 0 Å². The molecule has 1 rings (SSSR count). The van der Waals surface area contributed by atoms with E-state index in [1.165, 1.54) is 0 Å². The van der Waals surface area contributed by atoms with E-state index in [-0.39, 0.29) is 6.42 Å². The lowest BCUT2D eigenvalue weighted by molar-refractivity contribution is -0.310. The molecule has 8 nitrogen and oxygen atoms in total. The standard InChI is InChI=1S/C11H20O8/c1-5-6(13)3-11(18-2,10(16)17)19-9(5)8(15)7(14)4-12/h5-9,12-15H,3-4H2,1-2H3,(H,16,17)/t5?,6?,7-,8-,9?,11?/m1/s1. The van der Waals surface area contributed by atoms with Gasteiger partial charge in [0.2, 0.25) is 0 Å². The van der Waals surface area contributed by atoms with Crippen LogP contribution in [0.15, 0.2) is 0 Å². The smallest absolute Gasteiger partial charge is 0.364 e. The normalized spacial score (nSPS) is 38.7. The van der Waals surface area contributed by atoms with Crippen LogP contribution in [-0.4, -0.2) is 75.4 Å². The van der Waals surface area contributed by atoms with Crippen LogP contribution in [0.4, 0.5) is 0 Å². The summed E-state index contributed by atoms with van der Waals surface area (Å²) < 4.78 is 10.1. The Morgan fingerprint density at radius 2 is 2.11 bits per heavy atom. The Hall–Kier alpha value is -0.770. The summed E-state index contributed by atoms with van der Waals surface area (Å²) in [6.45, 7) is 0.834. The lowest BCUT2D eigenvalue weighted by Gasteiger charge is -2.44. The SMILES string of the molecule is COC1(C(=O)O)CC(O)C(C)C([C@H](O)[C@H](O)CO)O1. The van der Waals surface area contributed by atoms with Crippen LogP contribution in [0.2, 0.25) is 0 Å². The van der Waals surface area contributed by atoms with E-state index in [2.05, 4.69) is 0 Å². The number of carboxylic acids is 1. The van der Waals surface area contributed by atoms with E-state index in [1.54, 1.807) is 6.92 Å². The van der Waals surface area contributed by atoms with Gasteiger partial charge in [0.05, 0.1) is 18.8 Å². The molecule has 0 radical (unpaired) electrons. The van der Waals surface area contributed by atoms with Crippen LogP contribution >= 0.6 is 0 Å². The quantitative estimate of drug-likeness (QED) is 0.387. The molecule has 19 heavy (non-hydrogen) atoms. The van der Waals surface area contributed by atoms with Crippen LogP contribution < -0.4 is 0 Å². The maximum atomic E-state index is 11.2. The molecule has 1 saturated heterocycles. The average Bonchev–Trinajstić information content (AvgIpc) is 2.39. The number of carboxylic acid groups (broad SMARTS) is 1. The highest BCUT2D eigenvalue weighted by atomic mass is 16.7. The summed E-state index contributed by atoms with van der Waals surface area (Å²) in [5.74, 6) is -4.14. The Morgan fingerprint density at radius 1 is 1.53 bits per heavy atom. The largest absolute Gasteiger partial charge is 0.477 e. The first-order valence-corrected chi connectivity index (χ1v) is 5.90. The van der Waals surface area contributed by atoms with Crippen molar-refractivity contribution in [1.29, 1.82) is 0 Å². The number of aliphatic hydroxyl groups excluding tert-OH is 4. The van der Waals surface area contributed by atoms with Gasteiger partial charge in [-0.2, -0.15) is 0 Å². The minimum atomic E-state index is -2.08. The summed E-state index contributed by atoms with van der Waals surface area (Å²) in [4.78, 5) is 11.2. The van der Waals surface area contributed by atoms with E-state index in [0.717, 1.165) is 7.11 Å². The molecule has 1 fully saturated rings. The predicted molar refractivity (Wildman–Crippen MR) is 61.1 cm³/mol. The van der Waals surface area contributed by atoms with Crippen molar-refractivity contribution in [2.24, 2.45) is 5.92 Å². The van der Waals surface area contributed by atoms with Crippen LogP contribution in [0.25, 0.3) is 0 Å². The molecule has 0 aromatic heterocycles. The van der Waals surface area contributed by atoms with Gasteiger partial charge in [0.15, 0.2) is 0 Å². The Labute approximate surface area is 110 Å². The van der Waals surface area contributed by atoms with Crippen molar-refractivity contribution in [1.82, 2.24) is 0 Å². The fourth-order valence-electron chi connectivity index (χ4n) is 2.12. The van der Waals surface area contributed by atoms with Crippen LogP contribution in [0, 0.1) is 5.92 Å². The molecule has 0 amide bonds. The highest BCUT2D eigenvalue weighted by molar-refractivity contribution is 5.76. The van der Waals surface area contributed by atoms with Crippen molar-refractivity contribution < 1.29 is 39.8 Å². The van der Waals surface area contributed by atoms with E-state index >= 15 is 0 Å². The zero-order valence-corrected chi connectivity index (χ0v) is 10.8. The number of rotatable bonds is 5. The number of ether oxygens (including phenoxy) is 2. The Kier molecular flexibility index (Phi) is 5.25.